The van der Waals surface area contributed by atoms with Gasteiger partial charge >= 0.3 is 5.63 Å². The van der Waals surface area contributed by atoms with Gasteiger partial charge in [0.05, 0.1) is 0 Å². The Morgan fingerprint density at radius 3 is 2.78 bits per heavy atom. The third-order valence-electron chi connectivity index (χ3n) is 3.16. The van der Waals surface area contributed by atoms with E-state index in [-0.39, 0.29) is 5.91 Å². The minimum atomic E-state index is -0.764. The maximum absolute atomic E-state index is 12.1. The van der Waals surface area contributed by atoms with Gasteiger partial charge in [0.1, 0.15) is 17.1 Å². The van der Waals surface area contributed by atoms with Crippen LogP contribution in [0.1, 0.15) is 12.7 Å². The minimum Gasteiger partial charge on any atom is -0.481 e. The highest BCUT2D eigenvalue weighted by atomic mass is 16.5. The molecule has 3 aromatic rings. The molecular weight excluding hydrogens is 300 g/mol. The molecule has 1 N–H and O–H groups in total. The van der Waals surface area contributed by atoms with Gasteiger partial charge in [-0.15, -0.1) is 0 Å². The first kappa shape index (κ1) is 14.8. The lowest BCUT2D eigenvalue weighted by Gasteiger charge is -2.13. The molecule has 1 amide bonds. The number of carbonyl (C=O) groups excluding carboxylic acids is 1. The Balaban J connectivity index is 1.72. The van der Waals surface area contributed by atoms with Gasteiger partial charge in [0.25, 0.3) is 5.91 Å². The molecule has 7 heteroatoms. The van der Waals surface area contributed by atoms with Gasteiger partial charge in [0.15, 0.2) is 11.9 Å². The van der Waals surface area contributed by atoms with E-state index < -0.39 is 11.7 Å². The molecule has 0 radical (unpaired) electrons. The van der Waals surface area contributed by atoms with Gasteiger partial charge in [-0.25, -0.2) is 4.79 Å². The first-order valence-electron chi connectivity index (χ1n) is 6.96. The molecule has 0 saturated heterocycles. The molecule has 0 fully saturated rings. The van der Waals surface area contributed by atoms with E-state index in [1.165, 1.54) is 6.07 Å². The van der Waals surface area contributed by atoms with Crippen LogP contribution in [0.4, 0.5) is 5.82 Å². The summed E-state index contributed by atoms with van der Waals surface area (Å²) in [4.78, 5) is 23.3. The number of hydrogen-bond acceptors (Lipinski definition) is 6. The number of carbonyl (C=O) groups is 1. The zero-order chi connectivity index (χ0) is 16.4. The second-order valence-electron chi connectivity index (χ2n) is 5.03. The molecule has 0 saturated carbocycles. The molecule has 1 aromatic carbocycles. The average molecular weight is 314 g/mol. The van der Waals surface area contributed by atoms with E-state index in [4.69, 9.17) is 13.7 Å². The maximum Gasteiger partial charge on any atom is 0.336 e. The fourth-order valence-corrected chi connectivity index (χ4v) is 2.03. The van der Waals surface area contributed by atoms with Crippen LogP contribution in [-0.4, -0.2) is 17.2 Å². The van der Waals surface area contributed by atoms with Crippen LogP contribution < -0.4 is 15.7 Å². The highest BCUT2D eigenvalue weighted by Crippen LogP contribution is 2.20. The molecule has 1 atom stereocenters. The Bertz CT molecular complexity index is 912. The summed E-state index contributed by atoms with van der Waals surface area (Å²) in [7, 11) is 0. The standard InChI is InChI=1S/C16H14N2O5/c1-9-7-14(18-23-9)17-16(20)10(2)21-12-5-3-11-4-6-15(19)22-13(11)8-12/h3-8,10H,1-2H3,(H,17,18,20)/t10-/m0/s1. The molecule has 2 heterocycles. The second-order valence-corrected chi connectivity index (χ2v) is 5.03. The van der Waals surface area contributed by atoms with Gasteiger partial charge in [-0.3, -0.25) is 4.79 Å². The van der Waals surface area contributed by atoms with Crippen molar-refractivity contribution in [2.45, 2.75) is 20.0 Å². The summed E-state index contributed by atoms with van der Waals surface area (Å²) in [6, 6.07) is 9.63. The molecule has 3 rings (SSSR count). The molecule has 7 nitrogen and oxygen atoms in total. The van der Waals surface area contributed by atoms with E-state index in [2.05, 4.69) is 10.5 Å². The summed E-state index contributed by atoms with van der Waals surface area (Å²) in [5, 5.41) is 7.04. The number of ether oxygens (including phenoxy) is 1. The molecule has 0 unspecified atom stereocenters. The predicted octanol–water partition coefficient (Wildman–Crippen LogP) is 2.50. The number of nitrogens with zero attached hydrogens (tertiary/aromatic N) is 1. The van der Waals surface area contributed by atoms with Crippen molar-refractivity contribution in [1.29, 1.82) is 0 Å². The van der Waals surface area contributed by atoms with Crippen molar-refractivity contribution >= 4 is 22.7 Å². The highest BCUT2D eigenvalue weighted by Gasteiger charge is 2.16. The molecule has 0 aliphatic heterocycles. The topological polar surface area (TPSA) is 94.6 Å². The molecule has 23 heavy (non-hydrogen) atoms. The summed E-state index contributed by atoms with van der Waals surface area (Å²) in [6.07, 6.45) is -0.764. The summed E-state index contributed by atoms with van der Waals surface area (Å²) in [5.41, 5.74) is -0.0448. The summed E-state index contributed by atoms with van der Waals surface area (Å²) >= 11 is 0. The van der Waals surface area contributed by atoms with Crippen molar-refractivity contribution in [3.63, 3.8) is 0 Å². The number of anilines is 1. The quantitative estimate of drug-likeness (QED) is 0.743. The molecular formula is C16H14N2O5. The molecule has 0 aliphatic carbocycles. The number of hydrogen-bond donors (Lipinski definition) is 1. The first-order chi connectivity index (χ1) is 11.0. The molecule has 0 aliphatic rings. The van der Waals surface area contributed by atoms with Crippen molar-refractivity contribution in [3.05, 3.63) is 52.6 Å². The first-order valence-corrected chi connectivity index (χ1v) is 6.96. The Hall–Kier alpha value is -3.09. The predicted molar refractivity (Wildman–Crippen MR) is 82.4 cm³/mol. The van der Waals surface area contributed by atoms with Gasteiger partial charge in [-0.1, -0.05) is 5.16 Å². The van der Waals surface area contributed by atoms with Gasteiger partial charge < -0.3 is 19.0 Å². The van der Waals surface area contributed by atoms with E-state index in [1.54, 1.807) is 44.2 Å². The zero-order valence-electron chi connectivity index (χ0n) is 12.5. The van der Waals surface area contributed by atoms with Crippen LogP contribution in [0, 0.1) is 6.92 Å². The molecule has 0 spiro atoms. The number of fused-ring (bicyclic) bond motifs is 1. The van der Waals surface area contributed by atoms with Crippen LogP contribution in [0.15, 0.2) is 50.1 Å². The number of nitrogens with one attached hydrogen (secondary N) is 1. The third-order valence-corrected chi connectivity index (χ3v) is 3.16. The second kappa shape index (κ2) is 5.96. The van der Waals surface area contributed by atoms with Crippen molar-refractivity contribution in [3.8, 4) is 5.75 Å². The fourth-order valence-electron chi connectivity index (χ4n) is 2.03. The average Bonchev–Trinajstić information content (AvgIpc) is 2.91. The zero-order valence-corrected chi connectivity index (χ0v) is 12.5. The van der Waals surface area contributed by atoms with E-state index in [1.807, 2.05) is 0 Å². The minimum absolute atomic E-state index is 0.326. The number of benzene rings is 1. The van der Waals surface area contributed by atoms with Crippen molar-refractivity contribution in [2.24, 2.45) is 0 Å². The van der Waals surface area contributed by atoms with E-state index >= 15 is 0 Å². The van der Waals surface area contributed by atoms with Gasteiger partial charge in [0.2, 0.25) is 0 Å². The van der Waals surface area contributed by atoms with Crippen LogP contribution in [0.2, 0.25) is 0 Å². The number of rotatable bonds is 4. The lowest BCUT2D eigenvalue weighted by atomic mass is 10.2. The Morgan fingerprint density at radius 2 is 2.04 bits per heavy atom. The van der Waals surface area contributed by atoms with Crippen LogP contribution in [-0.2, 0) is 4.79 Å². The van der Waals surface area contributed by atoms with E-state index in [0.717, 1.165) is 5.39 Å². The number of aryl methyl sites for hydroxylation is 1. The largest absolute Gasteiger partial charge is 0.481 e. The fraction of sp³-hybridized carbons (Fsp3) is 0.188. The normalized spacial score (nSPS) is 12.1. The summed E-state index contributed by atoms with van der Waals surface area (Å²) in [6.45, 7) is 3.33. The third kappa shape index (κ3) is 3.39. The highest BCUT2D eigenvalue weighted by molar-refractivity contribution is 5.93. The lowest BCUT2D eigenvalue weighted by molar-refractivity contribution is -0.122. The van der Waals surface area contributed by atoms with Crippen LogP contribution in [0.3, 0.4) is 0 Å². The van der Waals surface area contributed by atoms with E-state index in [9.17, 15) is 9.59 Å². The molecule has 118 valence electrons. The van der Waals surface area contributed by atoms with Crippen LogP contribution in [0.25, 0.3) is 11.0 Å². The SMILES string of the molecule is Cc1cc(NC(=O)[C@H](C)Oc2ccc3ccc(=O)oc3c2)no1. The van der Waals surface area contributed by atoms with Gasteiger partial charge in [-0.2, -0.15) is 0 Å². The van der Waals surface area contributed by atoms with Crippen molar-refractivity contribution in [2.75, 3.05) is 5.32 Å². The summed E-state index contributed by atoms with van der Waals surface area (Å²) in [5.74, 6) is 0.977. The van der Waals surface area contributed by atoms with E-state index in [0.29, 0.717) is 22.9 Å². The Labute approximate surface area is 130 Å². The summed E-state index contributed by atoms with van der Waals surface area (Å²) < 4.78 is 15.5. The molecule has 2 aromatic heterocycles. The Kier molecular flexibility index (Phi) is 3.84. The lowest BCUT2D eigenvalue weighted by Crippen LogP contribution is -2.30. The molecule has 0 bridgehead atoms. The van der Waals surface area contributed by atoms with Crippen molar-refractivity contribution < 1.29 is 18.5 Å². The van der Waals surface area contributed by atoms with Gasteiger partial charge in [0, 0.05) is 23.6 Å². The maximum atomic E-state index is 12.1. The monoisotopic (exact) mass is 314 g/mol. The number of amides is 1. The van der Waals surface area contributed by atoms with Crippen molar-refractivity contribution in [1.82, 2.24) is 5.16 Å². The van der Waals surface area contributed by atoms with Gasteiger partial charge in [-0.05, 0) is 32.0 Å². The van der Waals surface area contributed by atoms with Crippen LogP contribution in [0.5, 0.6) is 5.75 Å². The number of aromatic nitrogens is 1. The smallest absolute Gasteiger partial charge is 0.336 e. The van der Waals surface area contributed by atoms with Crippen LogP contribution >= 0.6 is 0 Å². The Morgan fingerprint density at radius 1 is 1.26 bits per heavy atom.